The van der Waals surface area contributed by atoms with Crippen LogP contribution >= 0.6 is 0 Å². The molecule has 104 valence electrons. The maximum absolute atomic E-state index is 11.0. The summed E-state index contributed by atoms with van der Waals surface area (Å²) < 4.78 is 12.7. The van der Waals surface area contributed by atoms with Crippen LogP contribution in [-0.4, -0.2) is 33.6 Å². The van der Waals surface area contributed by atoms with Gasteiger partial charge in [-0.1, -0.05) is 30.3 Å². The number of fused-ring (bicyclic) bond motifs is 1. The molecule has 0 fully saturated rings. The Morgan fingerprint density at radius 2 is 2.25 bits per heavy atom. The summed E-state index contributed by atoms with van der Waals surface area (Å²) in [5.41, 5.74) is 1.18. The molecular formula is C14H14N2O4. The predicted octanol–water partition coefficient (Wildman–Crippen LogP) is 1.56. The number of rotatable bonds is 4. The quantitative estimate of drug-likeness (QED) is 0.915. The molecule has 0 aliphatic carbocycles. The first-order valence-electron chi connectivity index (χ1n) is 6.31. The third-order valence-corrected chi connectivity index (χ3v) is 3.13. The van der Waals surface area contributed by atoms with Gasteiger partial charge in [-0.25, -0.2) is 9.48 Å². The van der Waals surface area contributed by atoms with Crippen LogP contribution in [0.4, 0.5) is 0 Å². The summed E-state index contributed by atoms with van der Waals surface area (Å²) >= 11 is 0. The van der Waals surface area contributed by atoms with Gasteiger partial charge in [0.15, 0.2) is 0 Å². The Bertz CT molecular complexity index is 609. The molecule has 1 N–H and O–H groups in total. The molecule has 3 rings (SSSR count). The summed E-state index contributed by atoms with van der Waals surface area (Å²) in [5.74, 6) is -0.730. The number of aromatic nitrogens is 2. The molecule has 20 heavy (non-hydrogen) atoms. The summed E-state index contributed by atoms with van der Waals surface area (Å²) in [6, 6.07) is 9.86. The molecule has 0 saturated carbocycles. The van der Waals surface area contributed by atoms with E-state index >= 15 is 0 Å². The number of hydrogen-bond acceptors (Lipinski definition) is 4. The zero-order valence-electron chi connectivity index (χ0n) is 10.7. The van der Waals surface area contributed by atoms with Crippen LogP contribution in [0.1, 0.15) is 15.9 Å². The number of hydrogen-bond donors (Lipinski definition) is 1. The number of carboxylic acid groups (broad SMARTS) is 1. The Hall–Kier alpha value is -2.34. The van der Waals surface area contributed by atoms with Gasteiger partial charge in [0.2, 0.25) is 5.88 Å². The van der Waals surface area contributed by atoms with E-state index in [2.05, 4.69) is 5.10 Å². The second-order valence-electron chi connectivity index (χ2n) is 4.58. The van der Waals surface area contributed by atoms with Gasteiger partial charge in [-0.3, -0.25) is 0 Å². The maximum Gasteiger partial charge on any atom is 0.342 e. The second kappa shape index (κ2) is 5.34. The highest BCUT2D eigenvalue weighted by atomic mass is 16.5. The summed E-state index contributed by atoms with van der Waals surface area (Å²) in [4.78, 5) is 11.0. The van der Waals surface area contributed by atoms with Crippen LogP contribution in [0, 0.1) is 0 Å². The zero-order chi connectivity index (χ0) is 13.9. The van der Waals surface area contributed by atoms with Crippen LogP contribution in [-0.2, 0) is 17.9 Å². The van der Waals surface area contributed by atoms with Crippen molar-refractivity contribution in [2.45, 2.75) is 19.3 Å². The van der Waals surface area contributed by atoms with Crippen LogP contribution < -0.4 is 4.74 Å². The van der Waals surface area contributed by atoms with Crippen LogP contribution in [0.3, 0.4) is 0 Å². The highest BCUT2D eigenvalue weighted by Gasteiger charge is 2.26. The molecule has 6 nitrogen and oxygen atoms in total. The van der Waals surface area contributed by atoms with E-state index in [9.17, 15) is 4.79 Å². The van der Waals surface area contributed by atoms with Gasteiger partial charge in [0.05, 0.1) is 19.3 Å². The fourth-order valence-corrected chi connectivity index (χ4v) is 2.11. The first-order valence-corrected chi connectivity index (χ1v) is 6.31. The minimum absolute atomic E-state index is 0.0894. The molecule has 1 aliphatic heterocycles. The Balaban J connectivity index is 1.63. The first kappa shape index (κ1) is 12.7. The van der Waals surface area contributed by atoms with Crippen molar-refractivity contribution >= 4 is 5.97 Å². The smallest absolute Gasteiger partial charge is 0.342 e. The molecule has 1 aromatic carbocycles. The molecular weight excluding hydrogens is 260 g/mol. The van der Waals surface area contributed by atoms with Crippen molar-refractivity contribution in [1.82, 2.24) is 9.78 Å². The largest absolute Gasteiger partial charge is 0.477 e. The fraction of sp³-hybridized carbons (Fsp3) is 0.286. The Kier molecular flexibility index (Phi) is 3.39. The van der Waals surface area contributed by atoms with Crippen LogP contribution in [0.15, 0.2) is 36.5 Å². The van der Waals surface area contributed by atoms with Gasteiger partial charge in [0.1, 0.15) is 18.3 Å². The van der Waals surface area contributed by atoms with Crippen molar-refractivity contribution in [2.24, 2.45) is 0 Å². The Morgan fingerprint density at radius 1 is 1.45 bits per heavy atom. The average molecular weight is 274 g/mol. The van der Waals surface area contributed by atoms with E-state index < -0.39 is 5.97 Å². The van der Waals surface area contributed by atoms with Crippen molar-refractivity contribution in [3.05, 3.63) is 47.7 Å². The van der Waals surface area contributed by atoms with E-state index in [-0.39, 0.29) is 11.7 Å². The van der Waals surface area contributed by atoms with Crippen molar-refractivity contribution in [3.63, 3.8) is 0 Å². The van der Waals surface area contributed by atoms with Crippen LogP contribution in [0.5, 0.6) is 5.88 Å². The molecule has 1 atom stereocenters. The van der Waals surface area contributed by atoms with Crippen molar-refractivity contribution in [3.8, 4) is 5.88 Å². The van der Waals surface area contributed by atoms with Crippen molar-refractivity contribution in [1.29, 1.82) is 0 Å². The van der Waals surface area contributed by atoms with E-state index in [4.69, 9.17) is 14.6 Å². The molecule has 0 saturated heterocycles. The molecule has 1 aliphatic rings. The van der Waals surface area contributed by atoms with Crippen molar-refractivity contribution < 1.29 is 19.4 Å². The van der Waals surface area contributed by atoms with E-state index in [1.54, 1.807) is 0 Å². The van der Waals surface area contributed by atoms with Gasteiger partial charge in [-0.05, 0) is 5.56 Å². The summed E-state index contributed by atoms with van der Waals surface area (Å²) in [7, 11) is 0. The third-order valence-electron chi connectivity index (χ3n) is 3.13. The monoisotopic (exact) mass is 274 g/mol. The third kappa shape index (κ3) is 2.50. The number of carboxylic acids is 1. The normalized spacial score (nSPS) is 17.3. The zero-order valence-corrected chi connectivity index (χ0v) is 10.7. The molecule has 0 bridgehead atoms. The number of aromatic carboxylic acids is 1. The minimum Gasteiger partial charge on any atom is -0.477 e. The van der Waals surface area contributed by atoms with Crippen LogP contribution in [0.25, 0.3) is 0 Å². The van der Waals surface area contributed by atoms with Gasteiger partial charge in [-0.15, -0.1) is 0 Å². The minimum atomic E-state index is -1.03. The summed E-state index contributed by atoms with van der Waals surface area (Å²) in [6.07, 6.45) is 1.17. The number of ether oxygens (including phenoxy) is 2. The standard InChI is InChI=1S/C14H14N2O4/c17-14(18)12-6-15-16-7-11(9-20-13(12)16)19-8-10-4-2-1-3-5-10/h1-6,11H,7-9H2,(H,17,18)/t11-/m1/s1. The highest BCUT2D eigenvalue weighted by Crippen LogP contribution is 2.23. The molecule has 1 aromatic heterocycles. The number of carbonyl (C=O) groups is 1. The molecule has 0 unspecified atom stereocenters. The van der Waals surface area contributed by atoms with Crippen LogP contribution in [0.2, 0.25) is 0 Å². The van der Waals surface area contributed by atoms with E-state index in [0.717, 1.165) is 5.56 Å². The predicted molar refractivity (Wildman–Crippen MR) is 69.7 cm³/mol. The molecule has 6 heteroatoms. The molecule has 2 heterocycles. The van der Waals surface area contributed by atoms with Crippen molar-refractivity contribution in [2.75, 3.05) is 6.61 Å². The second-order valence-corrected chi connectivity index (χ2v) is 4.58. The topological polar surface area (TPSA) is 73.6 Å². The summed E-state index contributed by atoms with van der Waals surface area (Å²) in [5, 5.41) is 13.0. The number of benzene rings is 1. The molecule has 2 aromatic rings. The molecule has 0 spiro atoms. The molecule has 0 radical (unpaired) electrons. The lowest BCUT2D eigenvalue weighted by atomic mass is 10.2. The van der Waals surface area contributed by atoms with Gasteiger partial charge in [0, 0.05) is 0 Å². The summed E-state index contributed by atoms with van der Waals surface area (Å²) in [6.45, 7) is 1.32. The van der Waals surface area contributed by atoms with Gasteiger partial charge in [0.25, 0.3) is 0 Å². The Labute approximate surface area is 115 Å². The Morgan fingerprint density at radius 3 is 3.00 bits per heavy atom. The van der Waals surface area contributed by atoms with Gasteiger partial charge >= 0.3 is 5.97 Å². The van der Waals surface area contributed by atoms with E-state index in [0.29, 0.717) is 25.6 Å². The lowest BCUT2D eigenvalue weighted by Gasteiger charge is -2.24. The number of nitrogens with zero attached hydrogens (tertiary/aromatic N) is 2. The van der Waals surface area contributed by atoms with E-state index in [1.165, 1.54) is 10.9 Å². The molecule has 0 amide bonds. The SMILES string of the molecule is O=C(O)c1cnn2c1OC[C@H](OCc1ccccc1)C2. The lowest BCUT2D eigenvalue weighted by Crippen LogP contribution is -2.33. The first-order chi connectivity index (χ1) is 9.74. The maximum atomic E-state index is 11.0. The highest BCUT2D eigenvalue weighted by molar-refractivity contribution is 5.90. The fourth-order valence-electron chi connectivity index (χ4n) is 2.11. The van der Waals surface area contributed by atoms with E-state index in [1.807, 2.05) is 30.3 Å². The average Bonchev–Trinajstić information content (AvgIpc) is 2.89. The lowest BCUT2D eigenvalue weighted by molar-refractivity contribution is -0.0221. The van der Waals surface area contributed by atoms with Gasteiger partial charge in [-0.2, -0.15) is 5.10 Å². The van der Waals surface area contributed by atoms with Gasteiger partial charge < -0.3 is 14.6 Å².